The van der Waals surface area contributed by atoms with Crippen molar-refractivity contribution in [3.63, 3.8) is 0 Å². The highest BCUT2D eigenvalue weighted by atomic mass is 16.6. The smallest absolute Gasteiger partial charge is 0.330 e. The Kier molecular flexibility index (Phi) is 6.38. The molecule has 1 rings (SSSR count). The molecule has 1 aliphatic heterocycles. The van der Waals surface area contributed by atoms with Crippen LogP contribution >= 0.6 is 0 Å². The van der Waals surface area contributed by atoms with Gasteiger partial charge in [0.05, 0.1) is 6.61 Å². The Morgan fingerprint density at radius 1 is 1.75 bits per heavy atom. The summed E-state index contributed by atoms with van der Waals surface area (Å²) in [5, 5.41) is 0. The maximum atomic E-state index is 10.3. The summed E-state index contributed by atoms with van der Waals surface area (Å²) >= 11 is 0. The molecule has 0 spiro atoms. The zero-order valence-electron chi connectivity index (χ0n) is 7.71. The highest BCUT2D eigenvalue weighted by Gasteiger charge is 2.23. The third-order valence-corrected chi connectivity index (χ3v) is 0.981. The average molecular weight is 172 g/mol. The van der Waals surface area contributed by atoms with Gasteiger partial charge in [0.2, 0.25) is 0 Å². The standard InChI is InChI=1S/C6H8O3.C3H8/c1-2-6(7)9-4-5-3-8-5;1-3-2/h2,5H,1,3-4H2;3H2,1-2H3. The van der Waals surface area contributed by atoms with E-state index in [4.69, 9.17) is 4.74 Å². The van der Waals surface area contributed by atoms with Crippen molar-refractivity contribution >= 4 is 5.97 Å². The molecule has 0 aromatic carbocycles. The van der Waals surface area contributed by atoms with E-state index >= 15 is 0 Å². The van der Waals surface area contributed by atoms with Crippen LogP contribution in [0.3, 0.4) is 0 Å². The molecular weight excluding hydrogens is 156 g/mol. The monoisotopic (exact) mass is 172 g/mol. The molecule has 3 nitrogen and oxygen atoms in total. The zero-order chi connectivity index (χ0) is 9.40. The van der Waals surface area contributed by atoms with Gasteiger partial charge in [-0.1, -0.05) is 26.8 Å². The van der Waals surface area contributed by atoms with Gasteiger partial charge in [-0.3, -0.25) is 0 Å². The molecule has 0 amide bonds. The molecule has 12 heavy (non-hydrogen) atoms. The van der Waals surface area contributed by atoms with Gasteiger partial charge in [0.15, 0.2) is 0 Å². The van der Waals surface area contributed by atoms with Gasteiger partial charge in [-0.05, 0) is 0 Å². The van der Waals surface area contributed by atoms with Gasteiger partial charge < -0.3 is 9.47 Å². The van der Waals surface area contributed by atoms with E-state index in [0.717, 1.165) is 6.08 Å². The first kappa shape index (κ1) is 11.2. The quantitative estimate of drug-likeness (QED) is 0.368. The minimum atomic E-state index is -0.384. The molecule has 0 aliphatic carbocycles. The zero-order valence-corrected chi connectivity index (χ0v) is 7.71. The molecule has 0 N–H and O–H groups in total. The fraction of sp³-hybridized carbons (Fsp3) is 0.667. The van der Waals surface area contributed by atoms with Crippen molar-refractivity contribution in [3.8, 4) is 0 Å². The molecule has 0 aromatic rings. The SMILES string of the molecule is C=CC(=O)OCC1CO1.CCC. The second-order valence-corrected chi connectivity index (χ2v) is 2.50. The molecule has 0 aromatic heterocycles. The summed E-state index contributed by atoms with van der Waals surface area (Å²) in [4.78, 5) is 10.3. The fourth-order valence-corrected chi connectivity index (χ4v) is 0.398. The van der Waals surface area contributed by atoms with E-state index in [2.05, 4.69) is 25.2 Å². The van der Waals surface area contributed by atoms with Crippen molar-refractivity contribution in [2.45, 2.75) is 26.4 Å². The maximum absolute atomic E-state index is 10.3. The normalized spacial score (nSPS) is 18.7. The van der Waals surface area contributed by atoms with Crippen LogP contribution in [0.15, 0.2) is 12.7 Å². The number of carbonyl (C=O) groups excluding carboxylic acids is 1. The Morgan fingerprint density at radius 2 is 2.25 bits per heavy atom. The van der Waals surface area contributed by atoms with Crippen LogP contribution in [0.2, 0.25) is 0 Å². The maximum Gasteiger partial charge on any atom is 0.330 e. The van der Waals surface area contributed by atoms with Gasteiger partial charge in [-0.25, -0.2) is 4.79 Å². The average Bonchev–Trinajstić information content (AvgIpc) is 2.85. The minimum absolute atomic E-state index is 0.147. The van der Waals surface area contributed by atoms with E-state index in [1.54, 1.807) is 0 Å². The van der Waals surface area contributed by atoms with E-state index in [1.165, 1.54) is 6.42 Å². The van der Waals surface area contributed by atoms with E-state index in [0.29, 0.717) is 13.2 Å². The number of carbonyl (C=O) groups is 1. The number of esters is 1. The molecular formula is C9H16O3. The van der Waals surface area contributed by atoms with E-state index in [-0.39, 0.29) is 12.1 Å². The van der Waals surface area contributed by atoms with Crippen LogP contribution in [0.5, 0.6) is 0 Å². The van der Waals surface area contributed by atoms with Gasteiger partial charge >= 0.3 is 5.97 Å². The Hall–Kier alpha value is -0.830. The summed E-state index contributed by atoms with van der Waals surface area (Å²) in [7, 11) is 0. The Morgan fingerprint density at radius 3 is 2.58 bits per heavy atom. The highest BCUT2D eigenvalue weighted by Crippen LogP contribution is 2.08. The van der Waals surface area contributed by atoms with Crippen molar-refractivity contribution < 1.29 is 14.3 Å². The summed E-state index contributed by atoms with van der Waals surface area (Å²) in [6, 6.07) is 0. The van der Waals surface area contributed by atoms with Crippen LogP contribution in [-0.2, 0) is 14.3 Å². The van der Waals surface area contributed by atoms with Crippen molar-refractivity contribution in [3.05, 3.63) is 12.7 Å². The van der Waals surface area contributed by atoms with Crippen LogP contribution in [-0.4, -0.2) is 25.3 Å². The summed E-state index contributed by atoms with van der Waals surface area (Å²) in [5.41, 5.74) is 0. The van der Waals surface area contributed by atoms with Crippen LogP contribution in [0.1, 0.15) is 20.3 Å². The minimum Gasteiger partial charge on any atom is -0.460 e. The first-order valence-electron chi connectivity index (χ1n) is 4.15. The molecule has 0 radical (unpaired) electrons. The topological polar surface area (TPSA) is 38.8 Å². The Bertz CT molecular complexity index is 139. The first-order valence-corrected chi connectivity index (χ1v) is 4.15. The Balaban J connectivity index is 0.000000354. The van der Waals surface area contributed by atoms with Crippen LogP contribution in [0.4, 0.5) is 0 Å². The van der Waals surface area contributed by atoms with Gasteiger partial charge in [-0.2, -0.15) is 0 Å². The number of rotatable bonds is 3. The Labute approximate surface area is 73.4 Å². The van der Waals surface area contributed by atoms with Gasteiger partial charge in [0.1, 0.15) is 12.7 Å². The van der Waals surface area contributed by atoms with Crippen molar-refractivity contribution in [2.24, 2.45) is 0 Å². The van der Waals surface area contributed by atoms with Crippen LogP contribution in [0, 0.1) is 0 Å². The fourth-order valence-electron chi connectivity index (χ4n) is 0.398. The predicted molar refractivity (Wildman–Crippen MR) is 46.9 cm³/mol. The molecule has 0 bridgehead atoms. The lowest BCUT2D eigenvalue weighted by molar-refractivity contribution is -0.138. The van der Waals surface area contributed by atoms with Crippen molar-refractivity contribution in [1.29, 1.82) is 0 Å². The third kappa shape index (κ3) is 7.28. The van der Waals surface area contributed by atoms with Crippen molar-refractivity contribution in [2.75, 3.05) is 13.2 Å². The highest BCUT2D eigenvalue weighted by molar-refractivity contribution is 5.81. The van der Waals surface area contributed by atoms with Crippen molar-refractivity contribution in [1.82, 2.24) is 0 Å². The van der Waals surface area contributed by atoms with Gasteiger partial charge in [-0.15, -0.1) is 0 Å². The molecule has 70 valence electrons. The lowest BCUT2D eigenvalue weighted by Gasteiger charge is -1.94. The molecule has 1 fully saturated rings. The largest absolute Gasteiger partial charge is 0.460 e. The lowest BCUT2D eigenvalue weighted by atomic mass is 10.5. The summed E-state index contributed by atoms with van der Waals surface area (Å²) < 4.78 is 9.42. The molecule has 0 saturated carbocycles. The second-order valence-electron chi connectivity index (χ2n) is 2.50. The summed E-state index contributed by atoms with van der Waals surface area (Å²) in [5.74, 6) is -0.384. The lowest BCUT2D eigenvalue weighted by Crippen LogP contribution is -2.06. The van der Waals surface area contributed by atoms with E-state index in [1.807, 2.05) is 0 Å². The number of epoxide rings is 1. The molecule has 1 unspecified atom stereocenters. The predicted octanol–water partition coefficient (Wildman–Crippen LogP) is 1.53. The number of hydrogen-bond donors (Lipinski definition) is 0. The molecule has 3 heteroatoms. The van der Waals surface area contributed by atoms with Crippen LogP contribution in [0.25, 0.3) is 0 Å². The van der Waals surface area contributed by atoms with Gasteiger partial charge in [0, 0.05) is 6.08 Å². The molecule has 1 atom stereocenters. The second kappa shape index (κ2) is 6.85. The first-order chi connectivity index (χ1) is 5.74. The van der Waals surface area contributed by atoms with Gasteiger partial charge in [0.25, 0.3) is 0 Å². The summed E-state index contributed by atoms with van der Waals surface area (Å²) in [6.07, 6.45) is 2.54. The third-order valence-electron chi connectivity index (χ3n) is 0.981. The van der Waals surface area contributed by atoms with E-state index < -0.39 is 0 Å². The summed E-state index contributed by atoms with van der Waals surface area (Å²) in [6.45, 7) is 8.57. The number of ether oxygens (including phenoxy) is 2. The van der Waals surface area contributed by atoms with Crippen LogP contribution < -0.4 is 0 Å². The molecule has 1 heterocycles. The number of hydrogen-bond acceptors (Lipinski definition) is 3. The molecule has 1 saturated heterocycles. The van der Waals surface area contributed by atoms with E-state index in [9.17, 15) is 4.79 Å². The molecule has 1 aliphatic rings.